The van der Waals surface area contributed by atoms with E-state index in [0.29, 0.717) is 5.16 Å². The molecule has 2 heterocycles. The fourth-order valence-electron chi connectivity index (χ4n) is 1.53. The first-order valence-corrected chi connectivity index (χ1v) is 4.95. The number of halogens is 1. The highest BCUT2D eigenvalue weighted by molar-refractivity contribution is 6.30. The summed E-state index contributed by atoms with van der Waals surface area (Å²) < 4.78 is 0. The van der Waals surface area contributed by atoms with Crippen LogP contribution in [0, 0.1) is 0 Å². The number of nitrogens with one attached hydrogen (secondary N) is 1. The Morgan fingerprint density at radius 3 is 2.77 bits per heavy atom. The Labute approximate surface area is 82.8 Å². The Kier molecular flexibility index (Phi) is 2.71. The highest BCUT2D eigenvalue weighted by atomic mass is 35.5. The van der Waals surface area contributed by atoms with Crippen LogP contribution in [0.25, 0.3) is 0 Å². The van der Waals surface area contributed by atoms with Crippen molar-refractivity contribution in [1.82, 2.24) is 15.7 Å². The SMILES string of the molecule is ClC1=CC=NN(N2CCCCC2)N1. The summed E-state index contributed by atoms with van der Waals surface area (Å²) in [5, 5.41) is 8.66. The van der Waals surface area contributed by atoms with Crippen molar-refractivity contribution < 1.29 is 0 Å². The van der Waals surface area contributed by atoms with Gasteiger partial charge in [0, 0.05) is 13.1 Å². The number of hydrazine groups is 2. The molecular formula is C8H13ClN4. The van der Waals surface area contributed by atoms with E-state index < -0.39 is 0 Å². The summed E-state index contributed by atoms with van der Waals surface area (Å²) in [6, 6.07) is 0. The van der Waals surface area contributed by atoms with Gasteiger partial charge in [0.05, 0.1) is 6.21 Å². The number of rotatable bonds is 1. The van der Waals surface area contributed by atoms with Crippen molar-refractivity contribution in [3.8, 4) is 0 Å². The molecule has 0 spiro atoms. The third-order valence-electron chi connectivity index (χ3n) is 2.20. The summed E-state index contributed by atoms with van der Waals surface area (Å²) in [7, 11) is 0. The second kappa shape index (κ2) is 3.98. The van der Waals surface area contributed by atoms with Gasteiger partial charge in [-0.25, -0.2) is 0 Å². The van der Waals surface area contributed by atoms with Crippen molar-refractivity contribution in [2.75, 3.05) is 13.1 Å². The van der Waals surface area contributed by atoms with E-state index in [4.69, 9.17) is 11.6 Å². The van der Waals surface area contributed by atoms with E-state index in [0.717, 1.165) is 13.1 Å². The van der Waals surface area contributed by atoms with E-state index in [1.165, 1.54) is 19.3 Å². The maximum Gasteiger partial charge on any atom is 0.125 e. The maximum atomic E-state index is 5.82. The van der Waals surface area contributed by atoms with Crippen molar-refractivity contribution in [3.05, 3.63) is 11.2 Å². The molecule has 0 unspecified atom stereocenters. The van der Waals surface area contributed by atoms with Gasteiger partial charge in [-0.15, -0.1) is 10.3 Å². The lowest BCUT2D eigenvalue weighted by Crippen LogP contribution is -2.49. The number of allylic oxidation sites excluding steroid dienone is 1. The van der Waals surface area contributed by atoms with Crippen molar-refractivity contribution in [2.24, 2.45) is 5.10 Å². The molecule has 0 radical (unpaired) electrons. The number of hydrogen-bond donors (Lipinski definition) is 1. The smallest absolute Gasteiger partial charge is 0.125 e. The minimum absolute atomic E-state index is 0.612. The molecule has 0 amide bonds. The van der Waals surface area contributed by atoms with E-state index in [9.17, 15) is 0 Å². The van der Waals surface area contributed by atoms with Crippen LogP contribution in [0.15, 0.2) is 16.3 Å². The Morgan fingerprint density at radius 1 is 1.31 bits per heavy atom. The molecule has 1 fully saturated rings. The first-order chi connectivity index (χ1) is 6.36. The molecule has 2 aliphatic heterocycles. The largest absolute Gasteiger partial charge is 0.256 e. The van der Waals surface area contributed by atoms with E-state index in [1.807, 2.05) is 0 Å². The molecule has 0 aromatic rings. The summed E-state index contributed by atoms with van der Waals surface area (Å²) in [6.45, 7) is 2.10. The molecule has 4 nitrogen and oxygen atoms in total. The van der Waals surface area contributed by atoms with Crippen molar-refractivity contribution >= 4 is 17.8 Å². The minimum Gasteiger partial charge on any atom is -0.256 e. The molecular weight excluding hydrogens is 188 g/mol. The van der Waals surface area contributed by atoms with Crippen molar-refractivity contribution in [2.45, 2.75) is 19.3 Å². The molecule has 2 rings (SSSR count). The van der Waals surface area contributed by atoms with E-state index >= 15 is 0 Å². The molecule has 0 aliphatic carbocycles. The maximum absolute atomic E-state index is 5.82. The van der Waals surface area contributed by atoms with E-state index in [1.54, 1.807) is 17.5 Å². The van der Waals surface area contributed by atoms with Gasteiger partial charge in [0.15, 0.2) is 0 Å². The first kappa shape index (κ1) is 8.84. The average molecular weight is 201 g/mol. The predicted molar refractivity (Wildman–Crippen MR) is 52.8 cm³/mol. The van der Waals surface area contributed by atoms with Crippen LogP contribution >= 0.6 is 11.6 Å². The Hall–Kier alpha value is -0.740. The van der Waals surface area contributed by atoms with Crippen LogP contribution in [0.3, 0.4) is 0 Å². The van der Waals surface area contributed by atoms with Gasteiger partial charge in [0.1, 0.15) is 5.16 Å². The third-order valence-corrected chi connectivity index (χ3v) is 2.41. The Morgan fingerprint density at radius 2 is 2.08 bits per heavy atom. The summed E-state index contributed by atoms with van der Waals surface area (Å²) in [5.41, 5.74) is 2.97. The van der Waals surface area contributed by atoms with Crippen LogP contribution in [-0.4, -0.2) is 29.5 Å². The lowest BCUT2D eigenvalue weighted by molar-refractivity contribution is -0.0699. The molecule has 5 heteroatoms. The fraction of sp³-hybridized carbons (Fsp3) is 0.625. The van der Waals surface area contributed by atoms with Crippen LogP contribution in [0.4, 0.5) is 0 Å². The third kappa shape index (κ3) is 2.14. The average Bonchev–Trinajstić information content (AvgIpc) is 2.19. The topological polar surface area (TPSA) is 30.9 Å². The zero-order valence-corrected chi connectivity index (χ0v) is 8.17. The van der Waals surface area contributed by atoms with Crippen LogP contribution in [-0.2, 0) is 0 Å². The number of piperidine rings is 1. The zero-order chi connectivity index (χ0) is 9.10. The molecule has 2 aliphatic rings. The second-order valence-electron chi connectivity index (χ2n) is 3.19. The lowest BCUT2D eigenvalue weighted by atomic mass is 10.2. The molecule has 1 saturated heterocycles. The van der Waals surface area contributed by atoms with Gasteiger partial charge in [-0.1, -0.05) is 18.0 Å². The monoisotopic (exact) mass is 200 g/mol. The standard InChI is InChI=1S/C8H13ClN4/c9-8-4-5-10-13(11-8)12-6-2-1-3-7-12/h4-5,11H,1-3,6-7H2. The van der Waals surface area contributed by atoms with E-state index in [2.05, 4.69) is 15.5 Å². The highest BCUT2D eigenvalue weighted by Gasteiger charge is 2.17. The highest BCUT2D eigenvalue weighted by Crippen LogP contribution is 2.13. The molecule has 0 aromatic carbocycles. The lowest BCUT2D eigenvalue weighted by Gasteiger charge is -2.35. The van der Waals surface area contributed by atoms with Gasteiger partial charge in [-0.05, 0) is 18.9 Å². The van der Waals surface area contributed by atoms with Crippen molar-refractivity contribution in [3.63, 3.8) is 0 Å². The van der Waals surface area contributed by atoms with Gasteiger partial charge >= 0.3 is 0 Å². The van der Waals surface area contributed by atoms with Crippen LogP contribution < -0.4 is 5.43 Å². The molecule has 1 N–H and O–H groups in total. The normalized spacial score (nSPS) is 24.1. The molecule has 0 atom stereocenters. The van der Waals surface area contributed by atoms with Gasteiger partial charge in [-0.2, -0.15) is 5.01 Å². The first-order valence-electron chi connectivity index (χ1n) is 4.58. The van der Waals surface area contributed by atoms with Gasteiger partial charge in [0.25, 0.3) is 0 Å². The van der Waals surface area contributed by atoms with E-state index in [-0.39, 0.29) is 0 Å². The Bertz CT molecular complexity index is 232. The van der Waals surface area contributed by atoms with Gasteiger partial charge in [0.2, 0.25) is 0 Å². The van der Waals surface area contributed by atoms with Crippen LogP contribution in [0.1, 0.15) is 19.3 Å². The number of hydrogen-bond acceptors (Lipinski definition) is 4. The molecule has 0 aromatic heterocycles. The molecule has 72 valence electrons. The molecule has 0 saturated carbocycles. The second-order valence-corrected chi connectivity index (χ2v) is 3.60. The fourth-order valence-corrected chi connectivity index (χ4v) is 1.67. The number of hydrazone groups is 1. The predicted octanol–water partition coefficient (Wildman–Crippen LogP) is 1.27. The quantitative estimate of drug-likeness (QED) is 0.647. The van der Waals surface area contributed by atoms with Crippen LogP contribution in [0.2, 0.25) is 0 Å². The summed E-state index contributed by atoms with van der Waals surface area (Å²) >= 11 is 5.82. The van der Waals surface area contributed by atoms with Crippen LogP contribution in [0.5, 0.6) is 0 Å². The summed E-state index contributed by atoms with van der Waals surface area (Å²) in [5.74, 6) is 0. The van der Waals surface area contributed by atoms with Gasteiger partial charge in [-0.3, -0.25) is 5.43 Å². The Balaban J connectivity index is 1.93. The summed E-state index contributed by atoms with van der Waals surface area (Å²) in [6.07, 6.45) is 7.22. The minimum atomic E-state index is 0.612. The number of nitrogens with zero attached hydrogens (tertiary/aromatic N) is 3. The van der Waals surface area contributed by atoms with Crippen molar-refractivity contribution in [1.29, 1.82) is 0 Å². The summed E-state index contributed by atoms with van der Waals surface area (Å²) in [4.78, 5) is 0. The van der Waals surface area contributed by atoms with Gasteiger partial charge < -0.3 is 0 Å². The molecule has 13 heavy (non-hydrogen) atoms. The molecule has 0 bridgehead atoms. The zero-order valence-electron chi connectivity index (χ0n) is 7.41.